The van der Waals surface area contributed by atoms with E-state index in [1.807, 2.05) is 52.9 Å². The van der Waals surface area contributed by atoms with E-state index in [-0.39, 0.29) is 5.91 Å². The van der Waals surface area contributed by atoms with Gasteiger partial charge >= 0.3 is 0 Å². The van der Waals surface area contributed by atoms with Gasteiger partial charge in [-0.1, -0.05) is 24.3 Å². The van der Waals surface area contributed by atoms with Gasteiger partial charge in [0.15, 0.2) is 11.5 Å². The van der Waals surface area contributed by atoms with Crippen LogP contribution < -0.4 is 9.47 Å². The minimum Gasteiger partial charge on any atom is -0.454 e. The van der Waals surface area contributed by atoms with Gasteiger partial charge in [0.05, 0.1) is 4.47 Å². The van der Waals surface area contributed by atoms with Gasteiger partial charge in [0, 0.05) is 50.7 Å². The Morgan fingerprint density at radius 1 is 1.03 bits per heavy atom. The summed E-state index contributed by atoms with van der Waals surface area (Å²) in [5, 5.41) is 1.07. The van der Waals surface area contributed by atoms with Gasteiger partial charge in [0.1, 0.15) is 5.69 Å². The number of carbonyl (C=O) groups excluding carboxylic acids is 1. The molecular formula is C22H22BrN3O3. The largest absolute Gasteiger partial charge is 0.454 e. The van der Waals surface area contributed by atoms with Crippen molar-refractivity contribution >= 4 is 32.7 Å². The molecule has 0 atom stereocenters. The number of aromatic nitrogens is 1. The normalized spacial score (nSPS) is 16.6. The van der Waals surface area contributed by atoms with E-state index in [0.29, 0.717) is 6.79 Å². The van der Waals surface area contributed by atoms with Gasteiger partial charge < -0.3 is 18.9 Å². The minimum absolute atomic E-state index is 0.0818. The number of hydrogen-bond acceptors (Lipinski definition) is 4. The van der Waals surface area contributed by atoms with E-state index >= 15 is 0 Å². The number of ether oxygens (including phenoxy) is 2. The molecule has 2 aliphatic rings. The molecule has 1 aromatic heterocycles. The summed E-state index contributed by atoms with van der Waals surface area (Å²) >= 11 is 3.65. The summed E-state index contributed by atoms with van der Waals surface area (Å²) in [6.45, 7) is 4.28. The van der Waals surface area contributed by atoms with Crippen molar-refractivity contribution in [1.82, 2.24) is 14.4 Å². The molecule has 7 heteroatoms. The van der Waals surface area contributed by atoms with Crippen molar-refractivity contribution in [2.45, 2.75) is 6.54 Å². The van der Waals surface area contributed by atoms with Crippen LogP contribution in [0.25, 0.3) is 10.9 Å². The average molecular weight is 456 g/mol. The number of para-hydroxylation sites is 1. The standard InChI is InChI=1S/C22H22BrN3O3/c1-24-17-5-3-2-4-16(17)20(23)21(24)22(27)26-10-8-25(9-11-26)13-15-6-7-18-19(12-15)29-14-28-18/h2-7,12H,8-11,13-14H2,1H3. The minimum atomic E-state index is 0.0818. The van der Waals surface area contributed by atoms with Gasteiger partial charge in [-0.15, -0.1) is 0 Å². The van der Waals surface area contributed by atoms with Gasteiger partial charge in [-0.2, -0.15) is 0 Å². The molecule has 1 fully saturated rings. The fraction of sp³-hybridized carbons (Fsp3) is 0.318. The molecule has 6 nitrogen and oxygen atoms in total. The molecule has 0 unspecified atom stereocenters. The van der Waals surface area contributed by atoms with Crippen LogP contribution in [-0.4, -0.2) is 53.2 Å². The maximum atomic E-state index is 13.2. The quantitative estimate of drug-likeness (QED) is 0.604. The fourth-order valence-corrected chi connectivity index (χ4v) is 4.91. The summed E-state index contributed by atoms with van der Waals surface area (Å²) in [5.41, 5.74) is 2.98. The van der Waals surface area contributed by atoms with Crippen LogP contribution >= 0.6 is 15.9 Å². The van der Waals surface area contributed by atoms with E-state index in [9.17, 15) is 4.79 Å². The van der Waals surface area contributed by atoms with Gasteiger partial charge in [-0.05, 0) is 39.7 Å². The second kappa shape index (κ2) is 7.39. The lowest BCUT2D eigenvalue weighted by Gasteiger charge is -2.35. The van der Waals surface area contributed by atoms with Crippen LogP contribution in [0.2, 0.25) is 0 Å². The molecule has 0 aliphatic carbocycles. The van der Waals surface area contributed by atoms with E-state index in [1.54, 1.807) is 0 Å². The SMILES string of the molecule is Cn1c(C(=O)N2CCN(Cc3ccc4c(c3)OCO4)CC2)c(Br)c2ccccc21. The molecule has 0 saturated carbocycles. The van der Waals surface area contributed by atoms with Crippen molar-refractivity contribution in [3.63, 3.8) is 0 Å². The zero-order chi connectivity index (χ0) is 20.0. The van der Waals surface area contributed by atoms with E-state index < -0.39 is 0 Å². The first-order chi connectivity index (χ1) is 14.1. The number of piperazine rings is 1. The van der Waals surface area contributed by atoms with Crippen molar-refractivity contribution in [3.8, 4) is 11.5 Å². The molecule has 0 N–H and O–H groups in total. The van der Waals surface area contributed by atoms with Crippen LogP contribution in [0.3, 0.4) is 0 Å². The zero-order valence-corrected chi connectivity index (χ0v) is 17.8. The Morgan fingerprint density at radius 2 is 1.79 bits per heavy atom. The molecule has 0 radical (unpaired) electrons. The highest BCUT2D eigenvalue weighted by molar-refractivity contribution is 9.10. The second-order valence-electron chi connectivity index (χ2n) is 7.49. The highest BCUT2D eigenvalue weighted by Gasteiger charge is 2.27. The van der Waals surface area contributed by atoms with E-state index in [2.05, 4.69) is 26.9 Å². The summed E-state index contributed by atoms with van der Waals surface area (Å²) in [6, 6.07) is 14.2. The Bertz CT molecular complexity index is 1050. The first-order valence-electron chi connectivity index (χ1n) is 9.75. The van der Waals surface area contributed by atoms with Gasteiger partial charge in [0.2, 0.25) is 6.79 Å². The lowest BCUT2D eigenvalue weighted by atomic mass is 10.1. The lowest BCUT2D eigenvalue weighted by Crippen LogP contribution is -2.48. The molecule has 150 valence electrons. The lowest BCUT2D eigenvalue weighted by molar-refractivity contribution is 0.0618. The van der Waals surface area contributed by atoms with Crippen molar-refractivity contribution in [2.24, 2.45) is 7.05 Å². The highest BCUT2D eigenvalue weighted by atomic mass is 79.9. The number of benzene rings is 2. The molecule has 5 rings (SSSR count). The number of fused-ring (bicyclic) bond motifs is 2. The summed E-state index contributed by atoms with van der Waals surface area (Å²) in [5.74, 6) is 1.71. The molecule has 1 saturated heterocycles. The molecule has 0 bridgehead atoms. The molecule has 1 amide bonds. The van der Waals surface area contributed by atoms with Crippen LogP contribution in [0.15, 0.2) is 46.9 Å². The average Bonchev–Trinajstić information content (AvgIpc) is 3.31. The van der Waals surface area contributed by atoms with Gasteiger partial charge in [0.25, 0.3) is 5.91 Å². The van der Waals surface area contributed by atoms with Crippen LogP contribution in [0.4, 0.5) is 0 Å². The Labute approximate surface area is 177 Å². The Balaban J connectivity index is 1.27. The predicted octanol–water partition coefficient (Wildman–Crippen LogP) is 3.63. The maximum absolute atomic E-state index is 13.2. The number of carbonyl (C=O) groups is 1. The van der Waals surface area contributed by atoms with Crippen LogP contribution in [0.1, 0.15) is 16.1 Å². The monoisotopic (exact) mass is 455 g/mol. The first kappa shape index (κ1) is 18.5. The molecule has 29 heavy (non-hydrogen) atoms. The second-order valence-corrected chi connectivity index (χ2v) is 8.29. The third-order valence-electron chi connectivity index (χ3n) is 5.75. The smallest absolute Gasteiger partial charge is 0.271 e. The van der Waals surface area contributed by atoms with Crippen LogP contribution in [0.5, 0.6) is 11.5 Å². The predicted molar refractivity (Wildman–Crippen MR) is 114 cm³/mol. The highest BCUT2D eigenvalue weighted by Crippen LogP contribution is 2.33. The molecule has 3 heterocycles. The molecule has 3 aromatic rings. The zero-order valence-electron chi connectivity index (χ0n) is 16.2. The third-order valence-corrected chi connectivity index (χ3v) is 6.55. The number of hydrogen-bond donors (Lipinski definition) is 0. The number of aryl methyl sites for hydroxylation is 1. The van der Waals surface area contributed by atoms with Crippen LogP contribution in [-0.2, 0) is 13.6 Å². The van der Waals surface area contributed by atoms with Gasteiger partial charge in [-0.25, -0.2) is 0 Å². The molecule has 2 aliphatic heterocycles. The molecule has 2 aromatic carbocycles. The Kier molecular flexibility index (Phi) is 4.72. The molecular weight excluding hydrogens is 434 g/mol. The summed E-state index contributed by atoms with van der Waals surface area (Å²) < 4.78 is 13.7. The van der Waals surface area contributed by atoms with Crippen molar-refractivity contribution in [1.29, 1.82) is 0 Å². The number of rotatable bonds is 3. The number of nitrogens with zero attached hydrogens (tertiary/aromatic N) is 3. The summed E-state index contributed by atoms with van der Waals surface area (Å²) in [6.07, 6.45) is 0. The van der Waals surface area contributed by atoms with Gasteiger partial charge in [-0.3, -0.25) is 9.69 Å². The topological polar surface area (TPSA) is 46.9 Å². The third kappa shape index (κ3) is 3.28. The number of amides is 1. The maximum Gasteiger partial charge on any atom is 0.271 e. The first-order valence-corrected chi connectivity index (χ1v) is 10.5. The summed E-state index contributed by atoms with van der Waals surface area (Å²) in [7, 11) is 1.95. The van der Waals surface area contributed by atoms with Crippen molar-refractivity contribution in [2.75, 3.05) is 33.0 Å². The number of halogens is 1. The Hall–Kier alpha value is -2.51. The summed E-state index contributed by atoms with van der Waals surface area (Å²) in [4.78, 5) is 17.6. The van der Waals surface area contributed by atoms with Crippen LogP contribution in [0, 0.1) is 0 Å². The van der Waals surface area contributed by atoms with E-state index in [4.69, 9.17) is 9.47 Å². The fourth-order valence-electron chi connectivity index (χ4n) is 4.14. The van der Waals surface area contributed by atoms with E-state index in [0.717, 1.165) is 65.3 Å². The Morgan fingerprint density at radius 3 is 2.59 bits per heavy atom. The van der Waals surface area contributed by atoms with Crippen molar-refractivity contribution < 1.29 is 14.3 Å². The molecule has 0 spiro atoms. The van der Waals surface area contributed by atoms with E-state index in [1.165, 1.54) is 5.56 Å². The van der Waals surface area contributed by atoms with Crippen molar-refractivity contribution in [3.05, 3.63) is 58.2 Å².